The number of fused-ring (bicyclic) bond motifs is 1. The topological polar surface area (TPSA) is 127 Å². The Labute approximate surface area is 206 Å². The molecule has 0 aliphatic heterocycles. The average Bonchev–Trinajstić information content (AvgIpc) is 3.14. The van der Waals surface area contributed by atoms with E-state index in [1.54, 1.807) is 37.3 Å². The average molecular weight is 507 g/mol. The highest BCUT2D eigenvalue weighted by molar-refractivity contribution is 7.92. The standard InChI is InChI=1S/C25H22N4O4S2/c1-4-29(18-10-6-5-7-11-18)35(32,33)19-12-8-9-17(13-19)22(30)20(14-26)23-27-24(31)21-15(2)16(3)34-25(21)28-23/h5-13,30H,4H2,1-3H3,(H,27,28,31)/b22-20-. The van der Waals surface area contributed by atoms with E-state index in [1.165, 1.54) is 39.9 Å². The highest BCUT2D eigenvalue weighted by Crippen LogP contribution is 2.30. The highest BCUT2D eigenvalue weighted by Gasteiger charge is 2.25. The maximum Gasteiger partial charge on any atom is 0.264 e. The molecule has 178 valence electrons. The summed E-state index contributed by atoms with van der Waals surface area (Å²) >= 11 is 1.32. The first-order valence-electron chi connectivity index (χ1n) is 10.7. The number of hydrogen-bond acceptors (Lipinski definition) is 7. The number of aliphatic hydroxyl groups excluding tert-OH is 1. The van der Waals surface area contributed by atoms with Crippen molar-refractivity contribution < 1.29 is 13.5 Å². The molecule has 0 aliphatic carbocycles. The lowest BCUT2D eigenvalue weighted by atomic mass is 10.1. The van der Waals surface area contributed by atoms with Gasteiger partial charge in [0.1, 0.15) is 22.2 Å². The minimum absolute atomic E-state index is 0.0500. The van der Waals surface area contributed by atoms with Crippen LogP contribution in [0.2, 0.25) is 0 Å². The number of para-hydroxylation sites is 1. The summed E-state index contributed by atoms with van der Waals surface area (Å²) in [6.07, 6.45) is 0. The molecule has 2 heterocycles. The Hall–Kier alpha value is -3.94. The van der Waals surface area contributed by atoms with Gasteiger partial charge in [-0.15, -0.1) is 11.3 Å². The molecule has 8 nitrogen and oxygen atoms in total. The number of benzene rings is 2. The van der Waals surface area contributed by atoms with Crippen LogP contribution in [0.1, 0.15) is 28.8 Å². The van der Waals surface area contributed by atoms with Crippen LogP contribution in [0, 0.1) is 25.2 Å². The predicted molar refractivity (Wildman–Crippen MR) is 138 cm³/mol. The fourth-order valence-corrected chi connectivity index (χ4v) is 6.30. The zero-order valence-corrected chi connectivity index (χ0v) is 20.9. The molecule has 0 atom stereocenters. The summed E-state index contributed by atoms with van der Waals surface area (Å²) in [5, 5.41) is 21.2. The lowest BCUT2D eigenvalue weighted by molar-refractivity contribution is 0.513. The molecule has 2 N–H and O–H groups in total. The van der Waals surface area contributed by atoms with Gasteiger partial charge in [-0.3, -0.25) is 9.10 Å². The Morgan fingerprint density at radius 2 is 1.89 bits per heavy atom. The van der Waals surface area contributed by atoms with E-state index >= 15 is 0 Å². The summed E-state index contributed by atoms with van der Waals surface area (Å²) in [7, 11) is -3.95. The molecule has 0 bridgehead atoms. The van der Waals surface area contributed by atoms with E-state index in [4.69, 9.17) is 0 Å². The second-order valence-corrected chi connectivity index (χ2v) is 10.8. The number of thiophene rings is 1. The molecule has 4 rings (SSSR count). The van der Waals surface area contributed by atoms with Gasteiger partial charge < -0.3 is 10.1 Å². The van der Waals surface area contributed by atoms with Gasteiger partial charge >= 0.3 is 0 Å². The largest absolute Gasteiger partial charge is 0.506 e. The van der Waals surface area contributed by atoms with Gasteiger partial charge in [-0.25, -0.2) is 13.4 Å². The van der Waals surface area contributed by atoms with Crippen molar-refractivity contribution in [1.29, 1.82) is 5.26 Å². The number of nitriles is 1. The summed E-state index contributed by atoms with van der Waals surface area (Å²) < 4.78 is 28.0. The summed E-state index contributed by atoms with van der Waals surface area (Å²) in [5.41, 5.74) is 0.749. The third-order valence-electron chi connectivity index (χ3n) is 5.65. The SMILES string of the molecule is CCN(c1ccccc1)S(=O)(=O)c1cccc(/C(O)=C(\C#N)c2nc3sc(C)c(C)c3c(=O)[nH]2)c1. The second kappa shape index (κ2) is 9.37. The zero-order valence-electron chi connectivity index (χ0n) is 19.2. The predicted octanol–water partition coefficient (Wildman–Crippen LogP) is 4.77. The van der Waals surface area contributed by atoms with Gasteiger partial charge in [-0.05, 0) is 50.6 Å². The number of aromatic nitrogens is 2. The molecule has 4 aromatic rings. The summed E-state index contributed by atoms with van der Waals surface area (Å²) in [4.78, 5) is 20.9. The lowest BCUT2D eigenvalue weighted by Gasteiger charge is -2.23. The van der Waals surface area contributed by atoms with E-state index in [1.807, 2.05) is 19.9 Å². The van der Waals surface area contributed by atoms with Crippen LogP contribution in [-0.2, 0) is 10.0 Å². The smallest absolute Gasteiger partial charge is 0.264 e. The van der Waals surface area contributed by atoms with E-state index < -0.39 is 21.3 Å². The normalized spacial score (nSPS) is 12.3. The zero-order chi connectivity index (χ0) is 25.3. The molecule has 35 heavy (non-hydrogen) atoms. The molecule has 0 saturated heterocycles. The number of hydrogen-bond donors (Lipinski definition) is 2. The van der Waals surface area contributed by atoms with Crippen molar-refractivity contribution in [2.24, 2.45) is 0 Å². The Bertz CT molecular complexity index is 1660. The molecular weight excluding hydrogens is 484 g/mol. The van der Waals surface area contributed by atoms with Gasteiger partial charge in [0.2, 0.25) is 0 Å². The number of nitrogens with one attached hydrogen (secondary N) is 1. The highest BCUT2D eigenvalue weighted by atomic mass is 32.2. The maximum absolute atomic E-state index is 13.4. The quantitative estimate of drug-likeness (QED) is 0.287. The number of aromatic amines is 1. The molecule has 0 aliphatic rings. The number of H-pyrrole nitrogens is 1. The van der Waals surface area contributed by atoms with Crippen LogP contribution in [0.15, 0.2) is 64.3 Å². The Morgan fingerprint density at radius 1 is 1.17 bits per heavy atom. The molecule has 0 radical (unpaired) electrons. The van der Waals surface area contributed by atoms with Gasteiger partial charge in [0.25, 0.3) is 15.6 Å². The van der Waals surface area contributed by atoms with Gasteiger partial charge in [0.15, 0.2) is 5.82 Å². The number of rotatable bonds is 6. The van der Waals surface area contributed by atoms with Crippen LogP contribution in [-0.4, -0.2) is 30.0 Å². The molecule has 0 fully saturated rings. The third kappa shape index (κ3) is 4.32. The molecule has 0 spiro atoms. The number of allylic oxidation sites excluding steroid dienone is 1. The number of anilines is 1. The summed E-state index contributed by atoms with van der Waals surface area (Å²) in [6.45, 7) is 5.63. The molecule has 0 unspecified atom stereocenters. The second-order valence-electron chi connectivity index (χ2n) is 7.75. The first-order chi connectivity index (χ1) is 16.7. The number of aliphatic hydroxyl groups is 1. The van der Waals surface area contributed by atoms with Gasteiger partial charge in [-0.1, -0.05) is 30.3 Å². The fourth-order valence-electron chi connectivity index (χ4n) is 3.75. The first-order valence-corrected chi connectivity index (χ1v) is 13.0. The number of nitrogens with zero attached hydrogens (tertiary/aromatic N) is 3. The van der Waals surface area contributed by atoms with E-state index in [-0.39, 0.29) is 28.4 Å². The number of sulfonamides is 1. The fraction of sp³-hybridized carbons (Fsp3) is 0.160. The molecule has 2 aromatic carbocycles. The Morgan fingerprint density at radius 3 is 2.54 bits per heavy atom. The van der Waals surface area contributed by atoms with Crippen molar-refractivity contribution in [3.05, 3.63) is 86.8 Å². The van der Waals surface area contributed by atoms with Gasteiger partial charge in [0, 0.05) is 17.0 Å². The van der Waals surface area contributed by atoms with Gasteiger partial charge in [-0.2, -0.15) is 5.26 Å². The van der Waals surface area contributed by atoms with Crippen LogP contribution in [0.5, 0.6) is 0 Å². The van der Waals surface area contributed by atoms with Crippen molar-refractivity contribution in [2.45, 2.75) is 25.7 Å². The van der Waals surface area contributed by atoms with E-state index in [9.17, 15) is 23.6 Å². The molecule has 2 aromatic heterocycles. The minimum atomic E-state index is -3.95. The monoisotopic (exact) mass is 506 g/mol. The molecular formula is C25H22N4O4S2. The van der Waals surface area contributed by atoms with Crippen LogP contribution >= 0.6 is 11.3 Å². The van der Waals surface area contributed by atoms with Crippen molar-refractivity contribution in [3.63, 3.8) is 0 Å². The molecule has 10 heteroatoms. The van der Waals surface area contributed by atoms with Crippen molar-refractivity contribution in [1.82, 2.24) is 9.97 Å². The van der Waals surface area contributed by atoms with E-state index in [0.717, 1.165) is 10.4 Å². The van der Waals surface area contributed by atoms with Crippen LogP contribution < -0.4 is 9.86 Å². The first kappa shape index (κ1) is 24.2. The van der Waals surface area contributed by atoms with Crippen LogP contribution in [0.25, 0.3) is 21.5 Å². The van der Waals surface area contributed by atoms with Gasteiger partial charge in [0.05, 0.1) is 16.0 Å². The number of aryl methyl sites for hydroxylation is 2. The minimum Gasteiger partial charge on any atom is -0.506 e. The summed E-state index contributed by atoms with van der Waals surface area (Å²) in [6, 6.07) is 16.3. The molecule has 0 saturated carbocycles. The van der Waals surface area contributed by atoms with E-state index in [0.29, 0.717) is 15.9 Å². The Balaban J connectivity index is 1.82. The Kier molecular flexibility index (Phi) is 6.47. The molecule has 0 amide bonds. The summed E-state index contributed by atoms with van der Waals surface area (Å²) in [5.74, 6) is -0.573. The van der Waals surface area contributed by atoms with Crippen LogP contribution in [0.3, 0.4) is 0 Å². The third-order valence-corrected chi connectivity index (χ3v) is 8.65. The van der Waals surface area contributed by atoms with Crippen molar-refractivity contribution in [3.8, 4) is 6.07 Å². The maximum atomic E-state index is 13.4. The van der Waals surface area contributed by atoms with Crippen LogP contribution in [0.4, 0.5) is 5.69 Å². The van der Waals surface area contributed by atoms with E-state index in [2.05, 4.69) is 9.97 Å². The van der Waals surface area contributed by atoms with Crippen molar-refractivity contribution >= 4 is 48.6 Å². The van der Waals surface area contributed by atoms with Crippen molar-refractivity contribution in [2.75, 3.05) is 10.8 Å². The lowest BCUT2D eigenvalue weighted by Crippen LogP contribution is -2.30.